The lowest BCUT2D eigenvalue weighted by Gasteiger charge is -2.18. The van der Waals surface area contributed by atoms with E-state index in [4.69, 9.17) is 0 Å². The zero-order chi connectivity index (χ0) is 20.9. The molecule has 0 spiro atoms. The third kappa shape index (κ3) is 5.40. The molecule has 0 radical (unpaired) electrons. The molecule has 152 valence electrons. The van der Waals surface area contributed by atoms with Crippen LogP contribution in [0, 0.1) is 0 Å². The second kappa shape index (κ2) is 8.85. The van der Waals surface area contributed by atoms with Gasteiger partial charge in [-0.3, -0.25) is 4.79 Å². The van der Waals surface area contributed by atoms with Gasteiger partial charge in [-0.15, -0.1) is 10.2 Å². The zero-order valence-corrected chi connectivity index (χ0v) is 15.7. The molecule has 0 saturated heterocycles. The molecule has 3 rings (SSSR count). The van der Waals surface area contributed by atoms with E-state index in [0.29, 0.717) is 0 Å². The van der Waals surface area contributed by atoms with Crippen LogP contribution in [0.5, 0.6) is 0 Å². The van der Waals surface area contributed by atoms with Crippen molar-refractivity contribution in [3.05, 3.63) is 65.7 Å². The Bertz CT molecular complexity index is 956. The normalized spacial score (nSPS) is 12.6. The van der Waals surface area contributed by atoms with Crippen molar-refractivity contribution in [2.45, 2.75) is 38.5 Å². The fourth-order valence-electron chi connectivity index (χ4n) is 2.92. The Labute approximate surface area is 165 Å². The van der Waals surface area contributed by atoms with Crippen molar-refractivity contribution in [3.8, 4) is 11.4 Å². The van der Waals surface area contributed by atoms with Gasteiger partial charge < -0.3 is 5.32 Å². The molecule has 0 aliphatic heterocycles. The van der Waals surface area contributed by atoms with Gasteiger partial charge >= 0.3 is 6.18 Å². The van der Waals surface area contributed by atoms with Crippen LogP contribution in [0.4, 0.5) is 13.2 Å². The quantitative estimate of drug-likeness (QED) is 0.647. The van der Waals surface area contributed by atoms with Crippen molar-refractivity contribution < 1.29 is 18.0 Å². The van der Waals surface area contributed by atoms with Gasteiger partial charge in [0.05, 0.1) is 11.6 Å². The van der Waals surface area contributed by atoms with E-state index in [-0.39, 0.29) is 29.9 Å². The number of alkyl halides is 3. The van der Waals surface area contributed by atoms with Crippen LogP contribution in [0.15, 0.2) is 54.6 Å². The number of benzene rings is 2. The van der Waals surface area contributed by atoms with Crippen molar-refractivity contribution in [2.75, 3.05) is 0 Å². The summed E-state index contributed by atoms with van der Waals surface area (Å²) in [6, 6.07) is 14.1. The number of nitrogens with one attached hydrogen (secondary N) is 1. The third-order valence-electron chi connectivity index (χ3n) is 4.30. The predicted octanol–water partition coefficient (Wildman–Crippen LogP) is 4.02. The van der Waals surface area contributed by atoms with Crippen molar-refractivity contribution in [1.82, 2.24) is 25.5 Å². The van der Waals surface area contributed by atoms with Gasteiger partial charge in [-0.1, -0.05) is 55.8 Å². The molecule has 1 aromatic heterocycles. The third-order valence-corrected chi connectivity index (χ3v) is 4.30. The van der Waals surface area contributed by atoms with Crippen molar-refractivity contribution in [3.63, 3.8) is 0 Å². The maximum absolute atomic E-state index is 12.9. The lowest BCUT2D eigenvalue weighted by atomic mass is 10.0. The molecule has 29 heavy (non-hydrogen) atoms. The highest BCUT2D eigenvalue weighted by Gasteiger charge is 2.30. The number of amides is 1. The molecular formula is C20H20F3N5O. The Morgan fingerprint density at radius 2 is 1.90 bits per heavy atom. The van der Waals surface area contributed by atoms with E-state index >= 15 is 0 Å². The van der Waals surface area contributed by atoms with Crippen LogP contribution in [0.25, 0.3) is 11.4 Å². The Hall–Kier alpha value is -3.23. The number of carbonyl (C=O) groups is 1. The van der Waals surface area contributed by atoms with E-state index in [0.717, 1.165) is 35.3 Å². The van der Waals surface area contributed by atoms with Crippen LogP contribution in [-0.4, -0.2) is 26.1 Å². The van der Waals surface area contributed by atoms with E-state index in [1.54, 1.807) is 0 Å². The highest BCUT2D eigenvalue weighted by molar-refractivity contribution is 5.76. The number of rotatable bonds is 7. The number of halogens is 3. The van der Waals surface area contributed by atoms with Crippen LogP contribution >= 0.6 is 0 Å². The van der Waals surface area contributed by atoms with Crippen molar-refractivity contribution in [2.24, 2.45) is 0 Å². The van der Waals surface area contributed by atoms with Gasteiger partial charge in [-0.2, -0.15) is 18.0 Å². The second-order valence-corrected chi connectivity index (χ2v) is 6.54. The van der Waals surface area contributed by atoms with Gasteiger partial charge in [0.25, 0.3) is 0 Å². The first-order chi connectivity index (χ1) is 13.9. The first kappa shape index (κ1) is 20.5. The minimum Gasteiger partial charge on any atom is -0.348 e. The number of hydrogen-bond donors (Lipinski definition) is 1. The summed E-state index contributed by atoms with van der Waals surface area (Å²) in [6.45, 7) is 1.85. The predicted molar refractivity (Wildman–Crippen MR) is 100 cm³/mol. The molecule has 3 aromatic rings. The number of aromatic nitrogens is 4. The summed E-state index contributed by atoms with van der Waals surface area (Å²) in [4.78, 5) is 13.5. The molecule has 1 atom stereocenters. The van der Waals surface area contributed by atoms with E-state index in [1.807, 2.05) is 37.3 Å². The Kier molecular flexibility index (Phi) is 6.26. The van der Waals surface area contributed by atoms with Crippen molar-refractivity contribution >= 4 is 5.91 Å². The molecule has 9 heteroatoms. The summed E-state index contributed by atoms with van der Waals surface area (Å²) in [5.41, 5.74) is 0.382. The van der Waals surface area contributed by atoms with Crippen LogP contribution in [0.1, 0.15) is 36.9 Å². The summed E-state index contributed by atoms with van der Waals surface area (Å²) in [7, 11) is 0. The summed E-state index contributed by atoms with van der Waals surface area (Å²) in [5.74, 6) is -0.280. The molecule has 1 N–H and O–H groups in total. The lowest BCUT2D eigenvalue weighted by molar-refractivity contribution is -0.137. The molecular weight excluding hydrogens is 383 g/mol. The SMILES string of the molecule is CCC[C@@H](NC(=O)Cn1nnc(-c2cccc(C(F)(F)F)c2)n1)c1ccccc1. The van der Waals surface area contributed by atoms with Gasteiger partial charge in [-0.25, -0.2) is 0 Å². The van der Waals surface area contributed by atoms with Crippen molar-refractivity contribution in [1.29, 1.82) is 0 Å². The molecule has 1 heterocycles. The van der Waals surface area contributed by atoms with Crippen LogP contribution in [0.3, 0.4) is 0 Å². The second-order valence-electron chi connectivity index (χ2n) is 6.54. The summed E-state index contributed by atoms with van der Waals surface area (Å²) >= 11 is 0. The molecule has 0 saturated carbocycles. The maximum atomic E-state index is 12.9. The lowest BCUT2D eigenvalue weighted by Crippen LogP contribution is -2.32. The number of hydrogen-bond acceptors (Lipinski definition) is 4. The zero-order valence-electron chi connectivity index (χ0n) is 15.7. The molecule has 6 nitrogen and oxygen atoms in total. The van der Waals surface area contributed by atoms with E-state index in [1.165, 1.54) is 12.1 Å². The highest BCUT2D eigenvalue weighted by atomic mass is 19.4. The van der Waals surface area contributed by atoms with Gasteiger partial charge in [0.1, 0.15) is 6.54 Å². The molecule has 1 amide bonds. The summed E-state index contributed by atoms with van der Waals surface area (Å²) < 4.78 is 38.6. The molecule has 0 bridgehead atoms. The molecule has 0 aliphatic rings. The smallest absolute Gasteiger partial charge is 0.348 e. The Morgan fingerprint density at radius 1 is 1.14 bits per heavy atom. The maximum Gasteiger partial charge on any atom is 0.416 e. The standard InChI is InChI=1S/C20H20F3N5O/c1-2-7-17(14-8-4-3-5-9-14)24-18(29)13-28-26-19(25-27-28)15-10-6-11-16(12-15)20(21,22)23/h3-6,8-12,17H,2,7,13H2,1H3,(H,24,29)/t17-/m1/s1. The number of tetrazole rings is 1. The average molecular weight is 403 g/mol. The van der Waals surface area contributed by atoms with Crippen LogP contribution in [0.2, 0.25) is 0 Å². The van der Waals surface area contributed by atoms with Gasteiger partial charge in [0, 0.05) is 5.56 Å². The fraction of sp³-hybridized carbons (Fsp3) is 0.300. The number of nitrogens with zero attached hydrogens (tertiary/aromatic N) is 4. The van der Waals surface area contributed by atoms with Gasteiger partial charge in [0.15, 0.2) is 0 Å². The van der Waals surface area contributed by atoms with E-state index in [2.05, 4.69) is 20.7 Å². The summed E-state index contributed by atoms with van der Waals surface area (Å²) in [6.07, 6.45) is -2.80. The largest absolute Gasteiger partial charge is 0.416 e. The fourth-order valence-corrected chi connectivity index (χ4v) is 2.92. The Balaban J connectivity index is 1.69. The van der Waals surface area contributed by atoms with E-state index < -0.39 is 11.7 Å². The highest BCUT2D eigenvalue weighted by Crippen LogP contribution is 2.31. The minimum atomic E-state index is -4.46. The number of carbonyl (C=O) groups excluding carboxylic acids is 1. The minimum absolute atomic E-state index is 0.0251. The monoisotopic (exact) mass is 403 g/mol. The Morgan fingerprint density at radius 3 is 2.59 bits per heavy atom. The molecule has 0 unspecified atom stereocenters. The molecule has 0 aliphatic carbocycles. The molecule has 2 aromatic carbocycles. The van der Waals surface area contributed by atoms with Crippen LogP contribution < -0.4 is 5.32 Å². The van der Waals surface area contributed by atoms with Crippen LogP contribution in [-0.2, 0) is 17.5 Å². The topological polar surface area (TPSA) is 72.7 Å². The first-order valence-electron chi connectivity index (χ1n) is 9.16. The summed E-state index contributed by atoms with van der Waals surface area (Å²) in [5, 5.41) is 14.5. The molecule has 0 fully saturated rings. The van der Waals surface area contributed by atoms with E-state index in [9.17, 15) is 18.0 Å². The van der Waals surface area contributed by atoms with Gasteiger partial charge in [-0.05, 0) is 29.3 Å². The average Bonchev–Trinajstić information content (AvgIpc) is 3.16. The van der Waals surface area contributed by atoms with Gasteiger partial charge in [0.2, 0.25) is 11.7 Å². The first-order valence-corrected chi connectivity index (χ1v) is 9.16.